The molecule has 2 atom stereocenters. The second-order valence-corrected chi connectivity index (χ2v) is 9.60. The maximum absolute atomic E-state index is 12.9. The number of likely N-dealkylation sites (N-methyl/N-ethyl adjacent to an activating group) is 1. The first-order valence-electron chi connectivity index (χ1n) is 10.8. The monoisotopic (exact) mass is 426 g/mol. The summed E-state index contributed by atoms with van der Waals surface area (Å²) in [5.41, 5.74) is -1.86. The standard InChI is InChI=1S/C22H38N2O6/c1-8-9-10-11-12-13-15(17(25)26)16(18(27)30-21(2,3)4)14-24-19(28)22(5,6)23(7)20(24)29/h15-16H,8-14H2,1-7H3,(H,25,26)/t15-,16?/m1/s1. The van der Waals surface area contributed by atoms with Crippen molar-refractivity contribution >= 4 is 23.9 Å². The number of carbonyl (C=O) groups is 4. The normalized spacial score (nSPS) is 18.5. The molecule has 8 heteroatoms. The van der Waals surface area contributed by atoms with Gasteiger partial charge in [0.2, 0.25) is 0 Å². The Kier molecular flexibility index (Phi) is 8.87. The zero-order valence-corrected chi connectivity index (χ0v) is 19.5. The smallest absolute Gasteiger partial charge is 0.327 e. The lowest BCUT2D eigenvalue weighted by Gasteiger charge is -2.29. The third kappa shape index (κ3) is 6.44. The van der Waals surface area contributed by atoms with Crippen LogP contribution in [0.3, 0.4) is 0 Å². The summed E-state index contributed by atoms with van der Waals surface area (Å²) < 4.78 is 5.47. The number of hydrogen-bond acceptors (Lipinski definition) is 5. The molecule has 1 aliphatic heterocycles. The summed E-state index contributed by atoms with van der Waals surface area (Å²) >= 11 is 0. The van der Waals surface area contributed by atoms with Crippen molar-refractivity contribution < 1.29 is 29.0 Å². The van der Waals surface area contributed by atoms with Gasteiger partial charge in [-0.2, -0.15) is 0 Å². The molecule has 8 nitrogen and oxygen atoms in total. The topological polar surface area (TPSA) is 104 Å². The Hall–Kier alpha value is -2.12. The Balaban J connectivity index is 3.11. The largest absolute Gasteiger partial charge is 0.481 e. The van der Waals surface area contributed by atoms with Crippen LogP contribution in [-0.4, -0.2) is 63.5 Å². The Labute approximate surface area is 179 Å². The fraction of sp³-hybridized carbons (Fsp3) is 0.818. The highest BCUT2D eigenvalue weighted by atomic mass is 16.6. The van der Waals surface area contributed by atoms with Crippen LogP contribution in [0.25, 0.3) is 0 Å². The van der Waals surface area contributed by atoms with Crippen LogP contribution in [0.1, 0.15) is 80.1 Å². The van der Waals surface area contributed by atoms with Crippen molar-refractivity contribution in [2.24, 2.45) is 11.8 Å². The quantitative estimate of drug-likeness (QED) is 0.307. The average molecular weight is 427 g/mol. The predicted molar refractivity (Wildman–Crippen MR) is 113 cm³/mol. The predicted octanol–water partition coefficient (Wildman–Crippen LogP) is 3.68. The van der Waals surface area contributed by atoms with Crippen molar-refractivity contribution in [2.45, 2.75) is 91.2 Å². The summed E-state index contributed by atoms with van der Waals surface area (Å²) in [7, 11) is 1.52. The van der Waals surface area contributed by atoms with Crippen LogP contribution < -0.4 is 0 Å². The maximum Gasteiger partial charge on any atom is 0.327 e. The molecular formula is C22H38N2O6. The minimum atomic E-state index is -1.12. The molecule has 3 amide bonds. The molecule has 0 aromatic heterocycles. The van der Waals surface area contributed by atoms with Gasteiger partial charge in [-0.1, -0.05) is 39.0 Å². The van der Waals surface area contributed by atoms with E-state index in [-0.39, 0.29) is 6.54 Å². The number of amides is 3. The van der Waals surface area contributed by atoms with Crippen molar-refractivity contribution in [1.82, 2.24) is 9.80 Å². The van der Waals surface area contributed by atoms with E-state index in [1.54, 1.807) is 34.6 Å². The Bertz CT molecular complexity index is 653. The lowest BCUT2D eigenvalue weighted by Crippen LogP contribution is -2.45. The highest BCUT2D eigenvalue weighted by Crippen LogP contribution is 2.30. The first-order valence-corrected chi connectivity index (χ1v) is 10.8. The fourth-order valence-corrected chi connectivity index (χ4v) is 3.55. The molecule has 0 aliphatic carbocycles. The van der Waals surface area contributed by atoms with E-state index in [1.165, 1.54) is 11.9 Å². The highest BCUT2D eigenvalue weighted by Gasteiger charge is 2.51. The zero-order chi connectivity index (χ0) is 23.3. The Morgan fingerprint density at radius 1 is 1.07 bits per heavy atom. The van der Waals surface area contributed by atoms with Gasteiger partial charge in [0, 0.05) is 13.6 Å². The molecule has 172 valence electrons. The van der Waals surface area contributed by atoms with Crippen LogP contribution in [0.15, 0.2) is 0 Å². The molecule has 30 heavy (non-hydrogen) atoms. The molecule has 0 spiro atoms. The van der Waals surface area contributed by atoms with Crippen LogP contribution in [0.2, 0.25) is 0 Å². The Morgan fingerprint density at radius 3 is 2.07 bits per heavy atom. The summed E-state index contributed by atoms with van der Waals surface area (Å²) in [6, 6.07) is -0.536. The summed E-state index contributed by atoms with van der Waals surface area (Å²) in [5, 5.41) is 9.85. The van der Waals surface area contributed by atoms with E-state index in [9.17, 15) is 24.3 Å². The summed E-state index contributed by atoms with van der Waals surface area (Å²) in [5.74, 6) is -4.42. The Morgan fingerprint density at radius 2 is 1.63 bits per heavy atom. The number of nitrogens with zero attached hydrogens (tertiary/aromatic N) is 2. The summed E-state index contributed by atoms with van der Waals surface area (Å²) in [4.78, 5) is 52.7. The third-order valence-corrected chi connectivity index (χ3v) is 5.64. The van der Waals surface area contributed by atoms with Gasteiger partial charge in [-0.15, -0.1) is 0 Å². The van der Waals surface area contributed by atoms with E-state index in [0.717, 1.165) is 30.6 Å². The second-order valence-electron chi connectivity index (χ2n) is 9.60. The van der Waals surface area contributed by atoms with Gasteiger partial charge in [0.25, 0.3) is 5.91 Å². The minimum Gasteiger partial charge on any atom is -0.481 e. The number of imide groups is 1. The van der Waals surface area contributed by atoms with Gasteiger partial charge >= 0.3 is 18.0 Å². The van der Waals surface area contributed by atoms with E-state index in [2.05, 4.69) is 6.92 Å². The maximum atomic E-state index is 12.9. The molecule has 0 radical (unpaired) electrons. The van der Waals surface area contributed by atoms with Gasteiger partial charge in [-0.05, 0) is 41.0 Å². The van der Waals surface area contributed by atoms with Gasteiger partial charge in [-0.3, -0.25) is 19.3 Å². The SMILES string of the molecule is CCCCCCC[C@@H](C(=O)O)C(CN1C(=O)N(C)C(C)(C)C1=O)C(=O)OC(C)(C)C. The molecule has 1 saturated heterocycles. The lowest BCUT2D eigenvalue weighted by molar-refractivity contribution is -0.167. The first kappa shape index (κ1) is 25.9. The summed E-state index contributed by atoms with van der Waals surface area (Å²) in [6.07, 6.45) is 4.97. The van der Waals surface area contributed by atoms with Crippen LogP contribution in [-0.2, 0) is 19.1 Å². The number of ether oxygens (including phenoxy) is 1. The molecule has 1 N–H and O–H groups in total. The van der Waals surface area contributed by atoms with Gasteiger partial charge in [0.05, 0.1) is 11.8 Å². The van der Waals surface area contributed by atoms with Gasteiger partial charge in [0.15, 0.2) is 0 Å². The molecular weight excluding hydrogens is 388 g/mol. The number of aliphatic carboxylic acids is 1. The molecule has 0 aromatic rings. The van der Waals surface area contributed by atoms with Gasteiger partial charge < -0.3 is 14.7 Å². The molecule has 1 heterocycles. The molecule has 1 unspecified atom stereocenters. The molecule has 0 saturated carbocycles. The number of esters is 1. The highest BCUT2D eigenvalue weighted by molar-refractivity contribution is 6.06. The average Bonchev–Trinajstić information content (AvgIpc) is 2.75. The van der Waals surface area contributed by atoms with Crippen molar-refractivity contribution in [3.8, 4) is 0 Å². The molecule has 0 aromatic carbocycles. The van der Waals surface area contributed by atoms with E-state index in [0.29, 0.717) is 12.8 Å². The van der Waals surface area contributed by atoms with Crippen LogP contribution in [0, 0.1) is 11.8 Å². The minimum absolute atomic E-state index is 0.290. The molecule has 1 aliphatic rings. The molecule has 1 rings (SSSR count). The number of hydrogen-bond donors (Lipinski definition) is 1. The van der Waals surface area contributed by atoms with Crippen molar-refractivity contribution in [3.05, 3.63) is 0 Å². The van der Waals surface area contributed by atoms with E-state index in [1.807, 2.05) is 0 Å². The second kappa shape index (κ2) is 10.3. The number of unbranched alkanes of at least 4 members (excludes halogenated alkanes) is 4. The molecule has 0 bridgehead atoms. The van der Waals surface area contributed by atoms with Crippen LogP contribution >= 0.6 is 0 Å². The van der Waals surface area contributed by atoms with Crippen molar-refractivity contribution in [1.29, 1.82) is 0 Å². The lowest BCUT2D eigenvalue weighted by atomic mass is 9.86. The van der Waals surface area contributed by atoms with Gasteiger partial charge in [0.1, 0.15) is 11.1 Å². The van der Waals surface area contributed by atoms with Gasteiger partial charge in [-0.25, -0.2) is 4.79 Å². The van der Waals surface area contributed by atoms with Crippen molar-refractivity contribution in [3.63, 3.8) is 0 Å². The number of rotatable bonds is 11. The van der Waals surface area contributed by atoms with E-state index < -0.39 is 46.9 Å². The third-order valence-electron chi connectivity index (χ3n) is 5.64. The number of urea groups is 1. The number of carboxylic acids is 1. The summed E-state index contributed by atoms with van der Waals surface area (Å²) in [6.45, 7) is 10.1. The van der Waals surface area contributed by atoms with E-state index >= 15 is 0 Å². The first-order chi connectivity index (χ1) is 13.7. The number of carboxylic acid groups (broad SMARTS) is 1. The number of carbonyl (C=O) groups excluding carboxylic acids is 3. The van der Waals surface area contributed by atoms with Crippen LogP contribution in [0.4, 0.5) is 4.79 Å². The molecule has 1 fully saturated rings. The van der Waals surface area contributed by atoms with Crippen molar-refractivity contribution in [2.75, 3.05) is 13.6 Å². The van der Waals surface area contributed by atoms with Crippen LogP contribution in [0.5, 0.6) is 0 Å². The zero-order valence-electron chi connectivity index (χ0n) is 19.5. The fourth-order valence-electron chi connectivity index (χ4n) is 3.55. The van der Waals surface area contributed by atoms with E-state index in [4.69, 9.17) is 4.74 Å².